The van der Waals surface area contributed by atoms with E-state index in [1.807, 2.05) is 60.7 Å². The minimum absolute atomic E-state index is 0.704. The Morgan fingerprint density at radius 2 is 0.982 bits per heavy atom. The number of rotatable bonds is 5. The van der Waals surface area contributed by atoms with Gasteiger partial charge >= 0.3 is 0 Å². The Balaban J connectivity index is 0.996. The molecule has 1 aliphatic rings. The first kappa shape index (κ1) is 31.1. The van der Waals surface area contributed by atoms with Gasteiger partial charge in [-0.05, 0) is 52.9 Å². The van der Waals surface area contributed by atoms with Gasteiger partial charge in [-0.25, -0.2) is 9.97 Å². The Hall–Kier alpha value is -7.50. The van der Waals surface area contributed by atoms with Crippen molar-refractivity contribution in [2.75, 3.05) is 4.90 Å². The second-order valence-corrected chi connectivity index (χ2v) is 13.7. The lowest BCUT2D eigenvalue weighted by atomic mass is 9.98. The molecule has 2 aromatic heterocycles. The second kappa shape index (κ2) is 12.6. The van der Waals surface area contributed by atoms with Gasteiger partial charge in [0, 0.05) is 38.5 Å². The van der Waals surface area contributed by atoms with E-state index < -0.39 is 0 Å². The smallest absolute Gasteiger partial charge is 0.163 e. The Kier molecular flexibility index (Phi) is 7.10. The molecule has 0 fully saturated rings. The van der Waals surface area contributed by atoms with E-state index >= 15 is 0 Å². The molecule has 8 aromatic carbocycles. The molecule has 0 bridgehead atoms. The number of ether oxygens (including phenoxy) is 1. The molecule has 55 heavy (non-hydrogen) atoms. The first-order chi connectivity index (χ1) is 27.3. The van der Waals surface area contributed by atoms with Gasteiger partial charge in [0.25, 0.3) is 0 Å². The molecule has 1 aliphatic heterocycles. The van der Waals surface area contributed by atoms with Crippen molar-refractivity contribution >= 4 is 49.8 Å². The maximum absolute atomic E-state index is 6.74. The first-order valence-corrected chi connectivity index (χ1v) is 18.4. The lowest BCUT2D eigenvalue weighted by Crippen LogP contribution is -2.16. The molecule has 0 atom stereocenters. The number of para-hydroxylation sites is 3. The molecule has 0 spiro atoms. The van der Waals surface area contributed by atoms with E-state index in [1.165, 1.54) is 0 Å². The van der Waals surface area contributed by atoms with Gasteiger partial charge < -0.3 is 14.1 Å². The van der Waals surface area contributed by atoms with Crippen molar-refractivity contribution in [2.24, 2.45) is 0 Å². The van der Waals surface area contributed by atoms with E-state index in [-0.39, 0.29) is 0 Å². The molecule has 0 saturated heterocycles. The molecule has 5 heteroatoms. The van der Waals surface area contributed by atoms with E-state index in [1.54, 1.807) is 0 Å². The van der Waals surface area contributed by atoms with Crippen molar-refractivity contribution in [3.63, 3.8) is 0 Å². The Labute approximate surface area is 317 Å². The normalized spacial score (nSPS) is 12.1. The Morgan fingerprint density at radius 3 is 1.71 bits per heavy atom. The Morgan fingerprint density at radius 1 is 0.436 bits per heavy atom. The summed E-state index contributed by atoms with van der Waals surface area (Å²) in [5.74, 6) is 2.29. The molecule has 0 radical (unpaired) electrons. The van der Waals surface area contributed by atoms with Crippen molar-refractivity contribution in [3.8, 4) is 56.5 Å². The minimum Gasteiger partial charge on any atom is -0.454 e. The number of benzene rings is 8. The van der Waals surface area contributed by atoms with Crippen LogP contribution < -0.4 is 9.64 Å². The van der Waals surface area contributed by atoms with Gasteiger partial charge in [0.2, 0.25) is 0 Å². The topological polar surface area (TPSA) is 51.4 Å². The van der Waals surface area contributed by atoms with Crippen molar-refractivity contribution in [2.45, 2.75) is 0 Å². The van der Waals surface area contributed by atoms with E-state index in [9.17, 15) is 0 Å². The van der Waals surface area contributed by atoms with Crippen LogP contribution in [0.3, 0.4) is 0 Å². The number of anilines is 3. The molecular weight excluding hydrogens is 675 g/mol. The van der Waals surface area contributed by atoms with Crippen LogP contribution in [0.15, 0.2) is 192 Å². The summed E-state index contributed by atoms with van der Waals surface area (Å²) in [6.07, 6.45) is 0. The summed E-state index contributed by atoms with van der Waals surface area (Å²) in [4.78, 5) is 12.3. The monoisotopic (exact) mass is 705 g/mol. The summed E-state index contributed by atoms with van der Waals surface area (Å²) >= 11 is 0. The van der Waals surface area contributed by atoms with Gasteiger partial charge in [0.1, 0.15) is 11.3 Å². The third-order valence-electron chi connectivity index (χ3n) is 10.5. The molecule has 258 valence electrons. The number of nitrogens with zero attached hydrogens (tertiary/aromatic N) is 3. The summed E-state index contributed by atoms with van der Waals surface area (Å²) in [5, 5.41) is 4.32. The van der Waals surface area contributed by atoms with Crippen LogP contribution >= 0.6 is 0 Å². The van der Waals surface area contributed by atoms with Gasteiger partial charge in [-0.1, -0.05) is 152 Å². The van der Waals surface area contributed by atoms with Crippen molar-refractivity contribution in [1.82, 2.24) is 9.97 Å². The predicted octanol–water partition coefficient (Wildman–Crippen LogP) is 13.8. The highest BCUT2D eigenvalue weighted by molar-refractivity contribution is 6.25. The number of furan rings is 1. The number of aromatic nitrogens is 2. The molecule has 5 nitrogen and oxygen atoms in total. The number of hydrogen-bond acceptors (Lipinski definition) is 5. The van der Waals surface area contributed by atoms with Crippen LogP contribution in [-0.2, 0) is 0 Å². The van der Waals surface area contributed by atoms with Gasteiger partial charge in [0.05, 0.1) is 17.1 Å². The largest absolute Gasteiger partial charge is 0.454 e. The lowest BCUT2D eigenvalue weighted by molar-refractivity contribution is 0.482. The van der Waals surface area contributed by atoms with E-state index in [0.717, 1.165) is 100 Å². The zero-order valence-corrected chi connectivity index (χ0v) is 29.6. The van der Waals surface area contributed by atoms with Gasteiger partial charge in [-0.3, -0.25) is 0 Å². The van der Waals surface area contributed by atoms with Crippen molar-refractivity contribution in [1.29, 1.82) is 0 Å². The molecule has 3 heterocycles. The fraction of sp³-hybridized carbons (Fsp3) is 0. The van der Waals surface area contributed by atoms with Crippen LogP contribution in [0.1, 0.15) is 0 Å². The molecule has 0 saturated carbocycles. The zero-order valence-electron chi connectivity index (χ0n) is 29.6. The van der Waals surface area contributed by atoms with E-state index in [0.29, 0.717) is 5.82 Å². The maximum atomic E-state index is 6.74. The summed E-state index contributed by atoms with van der Waals surface area (Å²) in [6, 6.07) is 64.8. The van der Waals surface area contributed by atoms with Crippen molar-refractivity contribution in [3.05, 3.63) is 188 Å². The average molecular weight is 706 g/mol. The third-order valence-corrected chi connectivity index (χ3v) is 10.5. The highest BCUT2D eigenvalue weighted by Gasteiger charge is 2.32. The number of fused-ring (bicyclic) bond motifs is 9. The van der Waals surface area contributed by atoms with Gasteiger partial charge in [-0.15, -0.1) is 0 Å². The predicted molar refractivity (Wildman–Crippen MR) is 223 cm³/mol. The van der Waals surface area contributed by atoms with Crippen LogP contribution in [0, 0.1) is 0 Å². The van der Waals surface area contributed by atoms with Crippen LogP contribution in [0.2, 0.25) is 0 Å². The SMILES string of the molecule is c1ccc(-c2cc(-c3ccc(-c4ccc(N5c6ccccc6Oc6c5c5oc7ccccc7c5c5ccccc65)cc4)cc3)nc(-c3ccccc3)n2)cc1. The number of hydrogen-bond donors (Lipinski definition) is 0. The summed E-state index contributed by atoms with van der Waals surface area (Å²) in [7, 11) is 0. The van der Waals surface area contributed by atoms with Crippen LogP contribution in [0.4, 0.5) is 17.1 Å². The Bertz CT molecular complexity index is 2990. The second-order valence-electron chi connectivity index (χ2n) is 13.7. The zero-order chi connectivity index (χ0) is 36.3. The molecule has 11 rings (SSSR count). The minimum atomic E-state index is 0.704. The highest BCUT2D eigenvalue weighted by atomic mass is 16.5. The molecular formula is C50H31N3O2. The third kappa shape index (κ3) is 5.17. The summed E-state index contributed by atoms with van der Waals surface area (Å²) < 4.78 is 13.4. The van der Waals surface area contributed by atoms with Crippen LogP contribution in [-0.4, -0.2) is 9.97 Å². The molecule has 0 N–H and O–H groups in total. The quantitative estimate of drug-likeness (QED) is 0.178. The van der Waals surface area contributed by atoms with E-state index in [2.05, 4.69) is 132 Å². The summed E-state index contributed by atoms with van der Waals surface area (Å²) in [6.45, 7) is 0. The lowest BCUT2D eigenvalue weighted by Gasteiger charge is -2.33. The van der Waals surface area contributed by atoms with Crippen LogP contribution in [0.25, 0.3) is 77.7 Å². The first-order valence-electron chi connectivity index (χ1n) is 18.4. The average Bonchev–Trinajstić information content (AvgIpc) is 3.66. The van der Waals surface area contributed by atoms with Crippen LogP contribution in [0.5, 0.6) is 11.5 Å². The van der Waals surface area contributed by atoms with Crippen molar-refractivity contribution < 1.29 is 9.15 Å². The summed E-state index contributed by atoms with van der Waals surface area (Å²) in [5.41, 5.74) is 11.6. The highest BCUT2D eigenvalue weighted by Crippen LogP contribution is 2.57. The van der Waals surface area contributed by atoms with Gasteiger partial charge in [0.15, 0.2) is 22.9 Å². The fourth-order valence-electron chi connectivity index (χ4n) is 7.85. The molecule has 10 aromatic rings. The molecule has 0 aliphatic carbocycles. The maximum Gasteiger partial charge on any atom is 0.163 e. The standard InChI is InChI=1S/C50H31N3O2/c1-3-13-34(14-4-1)41-31-42(52-50(51-41)36-15-5-2-6-16-36)35-25-23-32(24-26-35)33-27-29-37(30-28-33)53-43-20-10-12-22-45(43)55-48-39-18-8-7-17-38(39)46-40-19-9-11-21-44(40)54-49(46)47(48)53/h1-31H. The fourth-order valence-corrected chi connectivity index (χ4v) is 7.85. The van der Waals surface area contributed by atoms with Gasteiger partial charge in [-0.2, -0.15) is 0 Å². The molecule has 0 unspecified atom stereocenters. The molecule has 0 amide bonds. The van der Waals surface area contributed by atoms with E-state index in [4.69, 9.17) is 19.1 Å².